The molecule has 0 aliphatic carbocycles. The highest BCUT2D eigenvalue weighted by atomic mass is 127. The van der Waals surface area contributed by atoms with Crippen LogP contribution in [0.25, 0.3) is 0 Å². The lowest BCUT2D eigenvalue weighted by Gasteiger charge is -2.21. The lowest BCUT2D eigenvalue weighted by atomic mass is 10.2. The van der Waals surface area contributed by atoms with Crippen molar-refractivity contribution in [3.63, 3.8) is 0 Å². The number of aliphatic imine (C=N–C) groups is 1. The summed E-state index contributed by atoms with van der Waals surface area (Å²) in [6, 6.07) is 7.92. The van der Waals surface area contributed by atoms with Gasteiger partial charge in [-0.1, -0.05) is 32.4 Å². The minimum atomic E-state index is 0. The van der Waals surface area contributed by atoms with E-state index in [9.17, 15) is 4.79 Å². The van der Waals surface area contributed by atoms with Crippen molar-refractivity contribution in [2.24, 2.45) is 4.99 Å². The summed E-state index contributed by atoms with van der Waals surface area (Å²) in [7, 11) is 3.86. The largest absolute Gasteiger partial charge is 0.352 e. The van der Waals surface area contributed by atoms with E-state index in [0.29, 0.717) is 13.0 Å². The van der Waals surface area contributed by atoms with Crippen LogP contribution in [0.1, 0.15) is 45.1 Å². The van der Waals surface area contributed by atoms with E-state index in [2.05, 4.69) is 34.5 Å². The zero-order valence-corrected chi connectivity index (χ0v) is 17.6. The summed E-state index contributed by atoms with van der Waals surface area (Å²) in [4.78, 5) is 18.0. The van der Waals surface area contributed by atoms with Crippen molar-refractivity contribution in [3.05, 3.63) is 29.8 Å². The Balaban J connectivity index is 0.00000529. The Kier molecular flexibility index (Phi) is 12.3. The topological polar surface area (TPSA) is 56.7 Å². The van der Waals surface area contributed by atoms with Crippen LogP contribution in [-0.2, 0) is 11.3 Å². The minimum absolute atomic E-state index is 0. The molecule has 5 nitrogen and oxygen atoms in total. The van der Waals surface area contributed by atoms with Crippen molar-refractivity contribution >= 4 is 41.5 Å². The summed E-state index contributed by atoms with van der Waals surface area (Å²) in [5.74, 6) is 0.968. The molecule has 0 heterocycles. The number of guanidine groups is 1. The first kappa shape index (κ1) is 22.7. The Morgan fingerprint density at radius 3 is 2.38 bits per heavy atom. The molecular formula is C18H31IN4O. The molecule has 0 radical (unpaired) electrons. The van der Waals surface area contributed by atoms with Gasteiger partial charge in [0.05, 0.1) is 0 Å². The molecule has 136 valence electrons. The molecule has 0 aliphatic heterocycles. The van der Waals surface area contributed by atoms with E-state index in [1.807, 2.05) is 31.2 Å². The van der Waals surface area contributed by atoms with Crippen molar-refractivity contribution < 1.29 is 4.79 Å². The van der Waals surface area contributed by atoms with Crippen molar-refractivity contribution in [1.29, 1.82) is 0 Å². The van der Waals surface area contributed by atoms with E-state index in [4.69, 9.17) is 0 Å². The summed E-state index contributed by atoms with van der Waals surface area (Å²) in [5.41, 5.74) is 2.00. The van der Waals surface area contributed by atoms with Gasteiger partial charge in [-0.2, -0.15) is 0 Å². The molecule has 0 aliphatic rings. The van der Waals surface area contributed by atoms with Crippen LogP contribution < -0.4 is 10.6 Å². The summed E-state index contributed by atoms with van der Waals surface area (Å²) in [5, 5.41) is 6.26. The fourth-order valence-electron chi connectivity index (χ4n) is 2.22. The van der Waals surface area contributed by atoms with Gasteiger partial charge in [0.2, 0.25) is 5.91 Å². The maximum Gasteiger partial charge on any atom is 0.224 e. The number of anilines is 1. The van der Waals surface area contributed by atoms with Gasteiger partial charge in [-0.05, 0) is 30.5 Å². The average molecular weight is 446 g/mol. The van der Waals surface area contributed by atoms with Gasteiger partial charge < -0.3 is 15.5 Å². The van der Waals surface area contributed by atoms with Crippen LogP contribution in [0, 0.1) is 0 Å². The number of halogens is 1. The standard InChI is InChI=1S/C18H30N4O.HI/c1-5-7-13-22(4)18(19-3)20-14-15-9-11-16(12-10-15)21-17(23)8-6-2;/h9-12H,5-8,13-14H2,1-4H3,(H,19,20)(H,21,23);1H. The molecular weight excluding hydrogens is 415 g/mol. The zero-order chi connectivity index (χ0) is 17.1. The highest BCUT2D eigenvalue weighted by Crippen LogP contribution is 2.10. The monoisotopic (exact) mass is 446 g/mol. The van der Waals surface area contributed by atoms with E-state index in [1.54, 1.807) is 7.05 Å². The normalized spacial score (nSPS) is 10.8. The smallest absolute Gasteiger partial charge is 0.224 e. The van der Waals surface area contributed by atoms with Crippen LogP contribution in [0.2, 0.25) is 0 Å². The quantitative estimate of drug-likeness (QED) is 0.363. The number of hydrogen-bond donors (Lipinski definition) is 2. The molecule has 0 spiro atoms. The molecule has 0 bridgehead atoms. The van der Waals surface area contributed by atoms with Gasteiger partial charge in [0, 0.05) is 39.3 Å². The Morgan fingerprint density at radius 1 is 1.17 bits per heavy atom. The SMILES string of the molecule is CCCCN(C)C(=NC)NCc1ccc(NC(=O)CCC)cc1.I. The lowest BCUT2D eigenvalue weighted by Crippen LogP contribution is -2.38. The van der Waals surface area contributed by atoms with Crippen LogP contribution in [0.15, 0.2) is 29.3 Å². The van der Waals surface area contributed by atoms with E-state index in [1.165, 1.54) is 6.42 Å². The Hall–Kier alpha value is -1.31. The van der Waals surface area contributed by atoms with Gasteiger partial charge in [-0.15, -0.1) is 24.0 Å². The first-order chi connectivity index (χ1) is 11.1. The Bertz CT molecular complexity index is 502. The van der Waals surface area contributed by atoms with E-state index < -0.39 is 0 Å². The molecule has 2 N–H and O–H groups in total. The maximum absolute atomic E-state index is 11.6. The molecule has 6 heteroatoms. The van der Waals surface area contributed by atoms with Crippen molar-refractivity contribution in [3.8, 4) is 0 Å². The highest BCUT2D eigenvalue weighted by Gasteiger charge is 2.05. The van der Waals surface area contributed by atoms with Crippen LogP contribution in [0.4, 0.5) is 5.69 Å². The molecule has 1 rings (SSSR count). The first-order valence-corrected chi connectivity index (χ1v) is 8.41. The summed E-state index contributed by atoms with van der Waals surface area (Å²) in [6.07, 6.45) is 3.75. The fourth-order valence-corrected chi connectivity index (χ4v) is 2.22. The zero-order valence-electron chi connectivity index (χ0n) is 15.3. The van der Waals surface area contributed by atoms with Crippen molar-refractivity contribution in [2.75, 3.05) is 26.0 Å². The van der Waals surface area contributed by atoms with Gasteiger partial charge in [-0.3, -0.25) is 9.79 Å². The second-order valence-electron chi connectivity index (χ2n) is 5.67. The number of hydrogen-bond acceptors (Lipinski definition) is 2. The Morgan fingerprint density at radius 2 is 1.83 bits per heavy atom. The third-order valence-corrected chi connectivity index (χ3v) is 3.59. The summed E-state index contributed by atoms with van der Waals surface area (Å²) >= 11 is 0. The number of benzene rings is 1. The molecule has 0 unspecified atom stereocenters. The number of nitrogens with zero attached hydrogens (tertiary/aromatic N) is 2. The summed E-state index contributed by atoms with van der Waals surface area (Å²) < 4.78 is 0. The number of carbonyl (C=O) groups excluding carboxylic acids is 1. The second-order valence-corrected chi connectivity index (χ2v) is 5.67. The van der Waals surface area contributed by atoms with Crippen LogP contribution in [-0.4, -0.2) is 37.4 Å². The van der Waals surface area contributed by atoms with Gasteiger partial charge in [-0.25, -0.2) is 0 Å². The van der Waals surface area contributed by atoms with Gasteiger partial charge in [0.15, 0.2) is 5.96 Å². The van der Waals surface area contributed by atoms with Gasteiger partial charge >= 0.3 is 0 Å². The number of amides is 1. The predicted molar refractivity (Wildman–Crippen MR) is 113 cm³/mol. The first-order valence-electron chi connectivity index (χ1n) is 8.41. The molecule has 1 aromatic rings. The Labute approximate surface area is 163 Å². The molecule has 1 amide bonds. The van der Waals surface area contributed by atoms with Crippen LogP contribution in [0.3, 0.4) is 0 Å². The van der Waals surface area contributed by atoms with Gasteiger partial charge in [0.25, 0.3) is 0 Å². The number of carbonyl (C=O) groups is 1. The minimum Gasteiger partial charge on any atom is -0.352 e. The number of rotatable bonds is 8. The van der Waals surface area contributed by atoms with Crippen LogP contribution >= 0.6 is 24.0 Å². The summed E-state index contributed by atoms with van der Waals surface area (Å²) in [6.45, 7) is 5.90. The average Bonchev–Trinajstić information content (AvgIpc) is 2.55. The van der Waals surface area contributed by atoms with Gasteiger partial charge in [0.1, 0.15) is 0 Å². The van der Waals surface area contributed by atoms with E-state index in [0.717, 1.165) is 36.6 Å². The van der Waals surface area contributed by atoms with E-state index >= 15 is 0 Å². The number of nitrogens with one attached hydrogen (secondary N) is 2. The predicted octanol–water partition coefficient (Wildman–Crippen LogP) is 3.85. The highest BCUT2D eigenvalue weighted by molar-refractivity contribution is 14.0. The third kappa shape index (κ3) is 8.52. The van der Waals surface area contributed by atoms with E-state index in [-0.39, 0.29) is 29.9 Å². The lowest BCUT2D eigenvalue weighted by molar-refractivity contribution is -0.116. The van der Waals surface area contributed by atoms with Crippen molar-refractivity contribution in [1.82, 2.24) is 10.2 Å². The van der Waals surface area contributed by atoms with Crippen molar-refractivity contribution in [2.45, 2.75) is 46.1 Å². The molecule has 0 aromatic heterocycles. The molecule has 0 fully saturated rings. The molecule has 0 atom stereocenters. The fraction of sp³-hybridized carbons (Fsp3) is 0.556. The maximum atomic E-state index is 11.6. The van der Waals surface area contributed by atoms with Crippen LogP contribution in [0.5, 0.6) is 0 Å². The molecule has 0 saturated heterocycles. The second kappa shape index (κ2) is 13.0. The molecule has 0 saturated carbocycles. The molecule has 1 aromatic carbocycles. The third-order valence-electron chi connectivity index (χ3n) is 3.59. The number of unbranched alkanes of at least 4 members (excludes halogenated alkanes) is 1. The molecule has 24 heavy (non-hydrogen) atoms.